The Bertz CT molecular complexity index is 610. The highest BCUT2D eigenvalue weighted by molar-refractivity contribution is 9.08. The monoisotopic (exact) mass is 337 g/mol. The number of imidazole rings is 1. The molecule has 0 aliphatic heterocycles. The number of anilines is 1. The molecule has 5 nitrogen and oxygen atoms in total. The number of alkyl halides is 1. The summed E-state index contributed by atoms with van der Waals surface area (Å²) in [6.45, 7) is 2.55. The highest BCUT2D eigenvalue weighted by Gasteiger charge is 2.11. The third-order valence-corrected chi connectivity index (χ3v) is 3.42. The van der Waals surface area contributed by atoms with Gasteiger partial charge in [0, 0.05) is 23.6 Å². The average molecular weight is 338 g/mol. The molecule has 0 spiro atoms. The summed E-state index contributed by atoms with van der Waals surface area (Å²) in [6, 6.07) is 5.58. The van der Waals surface area contributed by atoms with Crippen molar-refractivity contribution in [3.8, 4) is 5.75 Å². The van der Waals surface area contributed by atoms with Gasteiger partial charge in [0.25, 0.3) is 5.91 Å². The van der Waals surface area contributed by atoms with Crippen LogP contribution in [0.3, 0.4) is 0 Å². The van der Waals surface area contributed by atoms with Crippen molar-refractivity contribution in [2.24, 2.45) is 7.05 Å². The molecule has 106 valence electrons. The fourth-order valence-corrected chi connectivity index (χ4v) is 2.27. The van der Waals surface area contributed by atoms with Crippen LogP contribution in [0.15, 0.2) is 30.7 Å². The van der Waals surface area contributed by atoms with E-state index in [9.17, 15) is 4.79 Å². The molecular weight excluding hydrogens is 322 g/mol. The summed E-state index contributed by atoms with van der Waals surface area (Å²) in [7, 11) is 1.78. The molecule has 0 unspecified atom stereocenters. The number of carbonyl (C=O) groups excluding carboxylic acids is 1. The van der Waals surface area contributed by atoms with Gasteiger partial charge < -0.3 is 14.6 Å². The SMILES string of the molecule is CCOc1ccc(NC(=O)c2cncn2C)cc1CBr. The Labute approximate surface area is 126 Å². The molecule has 0 atom stereocenters. The van der Waals surface area contributed by atoms with Gasteiger partial charge in [0.15, 0.2) is 0 Å². The van der Waals surface area contributed by atoms with E-state index in [-0.39, 0.29) is 5.91 Å². The summed E-state index contributed by atoms with van der Waals surface area (Å²) >= 11 is 3.42. The topological polar surface area (TPSA) is 56.1 Å². The van der Waals surface area contributed by atoms with Gasteiger partial charge in [-0.2, -0.15) is 0 Å². The second-order valence-corrected chi connectivity index (χ2v) is 4.79. The average Bonchev–Trinajstić information content (AvgIpc) is 2.87. The number of aryl methyl sites for hydroxylation is 1. The molecule has 0 aliphatic rings. The number of nitrogens with zero attached hydrogens (tertiary/aromatic N) is 2. The molecule has 1 N–H and O–H groups in total. The molecule has 0 fully saturated rings. The van der Waals surface area contributed by atoms with Crippen LogP contribution in [0.2, 0.25) is 0 Å². The molecule has 0 saturated carbocycles. The van der Waals surface area contributed by atoms with Crippen molar-refractivity contribution in [1.29, 1.82) is 0 Å². The fraction of sp³-hybridized carbons (Fsp3) is 0.286. The molecule has 0 bridgehead atoms. The predicted octanol–water partition coefficient (Wildman–Crippen LogP) is 2.97. The highest BCUT2D eigenvalue weighted by Crippen LogP contribution is 2.25. The van der Waals surface area contributed by atoms with E-state index < -0.39 is 0 Å². The predicted molar refractivity (Wildman–Crippen MR) is 81.4 cm³/mol. The summed E-state index contributed by atoms with van der Waals surface area (Å²) in [4.78, 5) is 16.0. The van der Waals surface area contributed by atoms with E-state index in [1.165, 1.54) is 6.20 Å². The maximum atomic E-state index is 12.1. The zero-order valence-electron chi connectivity index (χ0n) is 11.4. The first kappa shape index (κ1) is 14.6. The highest BCUT2D eigenvalue weighted by atomic mass is 79.9. The Morgan fingerprint density at radius 1 is 1.50 bits per heavy atom. The molecule has 0 saturated heterocycles. The van der Waals surface area contributed by atoms with Crippen LogP contribution in [0.4, 0.5) is 5.69 Å². The number of ether oxygens (including phenoxy) is 1. The van der Waals surface area contributed by atoms with Crippen LogP contribution in [0, 0.1) is 0 Å². The fourth-order valence-electron chi connectivity index (χ4n) is 1.83. The maximum absolute atomic E-state index is 12.1. The summed E-state index contributed by atoms with van der Waals surface area (Å²) in [5.74, 6) is 0.637. The Morgan fingerprint density at radius 2 is 2.30 bits per heavy atom. The van der Waals surface area contributed by atoms with E-state index in [1.807, 2.05) is 25.1 Å². The minimum absolute atomic E-state index is 0.185. The largest absolute Gasteiger partial charge is 0.494 e. The van der Waals surface area contributed by atoms with Gasteiger partial charge in [-0.3, -0.25) is 4.79 Å². The molecule has 0 aliphatic carbocycles. The minimum atomic E-state index is -0.185. The molecule has 2 rings (SSSR count). The van der Waals surface area contributed by atoms with Crippen LogP contribution in [0.1, 0.15) is 23.0 Å². The normalized spacial score (nSPS) is 10.3. The molecule has 1 aromatic carbocycles. The lowest BCUT2D eigenvalue weighted by Crippen LogP contribution is -2.15. The van der Waals surface area contributed by atoms with Crippen molar-refractivity contribution >= 4 is 27.5 Å². The van der Waals surface area contributed by atoms with Crippen molar-refractivity contribution in [2.45, 2.75) is 12.3 Å². The summed E-state index contributed by atoms with van der Waals surface area (Å²) in [5.41, 5.74) is 2.24. The van der Waals surface area contributed by atoms with E-state index >= 15 is 0 Å². The van der Waals surface area contributed by atoms with Crippen LogP contribution in [0.5, 0.6) is 5.75 Å². The van der Waals surface area contributed by atoms with Crippen LogP contribution < -0.4 is 10.1 Å². The van der Waals surface area contributed by atoms with Gasteiger partial charge in [-0.1, -0.05) is 15.9 Å². The van der Waals surface area contributed by atoms with Crippen LogP contribution in [-0.4, -0.2) is 22.1 Å². The van der Waals surface area contributed by atoms with E-state index in [2.05, 4.69) is 26.2 Å². The molecule has 2 aromatic rings. The van der Waals surface area contributed by atoms with Crippen molar-refractivity contribution < 1.29 is 9.53 Å². The first-order valence-corrected chi connectivity index (χ1v) is 7.37. The minimum Gasteiger partial charge on any atom is -0.494 e. The van der Waals surface area contributed by atoms with Gasteiger partial charge >= 0.3 is 0 Å². The summed E-state index contributed by atoms with van der Waals surface area (Å²) < 4.78 is 7.20. The zero-order chi connectivity index (χ0) is 14.5. The molecule has 1 heterocycles. The van der Waals surface area contributed by atoms with E-state index in [0.29, 0.717) is 17.6 Å². The Morgan fingerprint density at radius 3 is 2.90 bits per heavy atom. The molecule has 1 amide bonds. The standard InChI is InChI=1S/C14H16BrN3O2/c1-3-20-13-5-4-11(6-10(13)7-15)17-14(19)12-8-16-9-18(12)2/h4-6,8-9H,3,7H2,1-2H3,(H,17,19). The van der Waals surface area contributed by atoms with Crippen molar-refractivity contribution in [3.63, 3.8) is 0 Å². The number of nitrogens with one attached hydrogen (secondary N) is 1. The van der Waals surface area contributed by atoms with E-state index in [1.54, 1.807) is 17.9 Å². The van der Waals surface area contributed by atoms with E-state index in [4.69, 9.17) is 4.74 Å². The molecule has 0 radical (unpaired) electrons. The Hall–Kier alpha value is -1.82. The second-order valence-electron chi connectivity index (χ2n) is 4.23. The number of benzene rings is 1. The maximum Gasteiger partial charge on any atom is 0.273 e. The number of hydrogen-bond donors (Lipinski definition) is 1. The lowest BCUT2D eigenvalue weighted by atomic mass is 10.2. The third kappa shape index (κ3) is 3.19. The van der Waals surface area contributed by atoms with E-state index in [0.717, 1.165) is 17.0 Å². The lowest BCUT2D eigenvalue weighted by molar-refractivity contribution is 0.101. The number of amides is 1. The molecule has 20 heavy (non-hydrogen) atoms. The van der Waals surface area contributed by atoms with Crippen LogP contribution in [-0.2, 0) is 12.4 Å². The number of aromatic nitrogens is 2. The van der Waals surface area contributed by atoms with Gasteiger partial charge in [0.1, 0.15) is 11.4 Å². The quantitative estimate of drug-likeness (QED) is 0.853. The van der Waals surface area contributed by atoms with Gasteiger partial charge in [-0.25, -0.2) is 4.98 Å². The van der Waals surface area contributed by atoms with Crippen molar-refractivity contribution in [2.75, 3.05) is 11.9 Å². The Kier molecular flexibility index (Phi) is 4.79. The third-order valence-electron chi connectivity index (χ3n) is 2.81. The molecule has 6 heteroatoms. The molecular formula is C14H16BrN3O2. The smallest absolute Gasteiger partial charge is 0.273 e. The van der Waals surface area contributed by atoms with Crippen molar-refractivity contribution in [3.05, 3.63) is 42.0 Å². The summed E-state index contributed by atoms with van der Waals surface area (Å²) in [6.07, 6.45) is 3.13. The number of rotatable bonds is 5. The number of halogens is 1. The second kappa shape index (κ2) is 6.56. The first-order valence-electron chi connectivity index (χ1n) is 6.25. The first-order chi connectivity index (χ1) is 9.65. The Balaban J connectivity index is 2.18. The van der Waals surface area contributed by atoms with Crippen molar-refractivity contribution in [1.82, 2.24) is 9.55 Å². The lowest BCUT2D eigenvalue weighted by Gasteiger charge is -2.11. The van der Waals surface area contributed by atoms with Gasteiger partial charge in [0.2, 0.25) is 0 Å². The van der Waals surface area contributed by atoms with Gasteiger partial charge in [-0.05, 0) is 25.1 Å². The number of hydrogen-bond acceptors (Lipinski definition) is 3. The summed E-state index contributed by atoms with van der Waals surface area (Å²) in [5, 5.41) is 3.52. The number of carbonyl (C=O) groups is 1. The van der Waals surface area contributed by atoms with Gasteiger partial charge in [0.05, 0.1) is 19.1 Å². The van der Waals surface area contributed by atoms with Crippen LogP contribution in [0.25, 0.3) is 0 Å². The molecule has 1 aromatic heterocycles. The zero-order valence-corrected chi connectivity index (χ0v) is 13.0. The van der Waals surface area contributed by atoms with Gasteiger partial charge in [-0.15, -0.1) is 0 Å². The van der Waals surface area contributed by atoms with Crippen LogP contribution >= 0.6 is 15.9 Å².